The fourth-order valence-electron chi connectivity index (χ4n) is 3.71. The summed E-state index contributed by atoms with van der Waals surface area (Å²) in [5.41, 5.74) is 1.29. The topological polar surface area (TPSA) is 96.0 Å². The molecule has 0 saturated heterocycles. The molecule has 0 aliphatic carbocycles. The number of halogens is 2. The summed E-state index contributed by atoms with van der Waals surface area (Å²) in [4.78, 5) is 29.9. The molecule has 8 nitrogen and oxygen atoms in total. The van der Waals surface area contributed by atoms with Crippen molar-refractivity contribution in [2.24, 2.45) is 0 Å². The Kier molecular flexibility index (Phi) is 7.47. The monoisotopic (exact) mass is 508 g/mol. The van der Waals surface area contributed by atoms with E-state index in [1.165, 1.54) is 27.4 Å². The van der Waals surface area contributed by atoms with Gasteiger partial charge in [0.15, 0.2) is 18.1 Å². The van der Waals surface area contributed by atoms with Crippen molar-refractivity contribution in [2.75, 3.05) is 33.3 Å². The minimum atomic E-state index is -0.832. The smallest absolute Gasteiger partial charge is 0.339 e. The molecule has 0 fully saturated rings. The Bertz CT molecular complexity index is 1470. The quantitative estimate of drug-likeness (QED) is 0.335. The normalized spacial score (nSPS) is 10.6. The van der Waals surface area contributed by atoms with Crippen LogP contribution in [0.2, 0.25) is 0 Å². The molecule has 0 unspecified atom stereocenters. The van der Waals surface area contributed by atoms with Crippen LogP contribution in [0.3, 0.4) is 0 Å². The maximum absolute atomic E-state index is 13.8. The van der Waals surface area contributed by atoms with Crippen molar-refractivity contribution >= 4 is 28.5 Å². The summed E-state index contributed by atoms with van der Waals surface area (Å²) < 4.78 is 48.6. The van der Waals surface area contributed by atoms with Gasteiger partial charge in [-0.15, -0.1) is 0 Å². The van der Waals surface area contributed by atoms with Gasteiger partial charge in [-0.1, -0.05) is 18.2 Å². The highest BCUT2D eigenvalue weighted by Gasteiger charge is 2.20. The summed E-state index contributed by atoms with van der Waals surface area (Å²) >= 11 is 0. The number of rotatable bonds is 8. The molecule has 4 rings (SSSR count). The van der Waals surface area contributed by atoms with Gasteiger partial charge in [0.1, 0.15) is 11.6 Å². The molecule has 1 heterocycles. The zero-order chi connectivity index (χ0) is 26.5. The van der Waals surface area contributed by atoms with Gasteiger partial charge < -0.3 is 24.3 Å². The number of benzene rings is 3. The van der Waals surface area contributed by atoms with Crippen LogP contribution in [0.15, 0.2) is 60.7 Å². The lowest BCUT2D eigenvalue weighted by molar-refractivity contribution is -0.119. The number of nitrogens with one attached hydrogen (secondary N) is 1. The molecule has 0 aliphatic rings. The van der Waals surface area contributed by atoms with E-state index in [2.05, 4.69) is 10.3 Å². The summed E-state index contributed by atoms with van der Waals surface area (Å²) in [5.74, 6) is -1.99. The lowest BCUT2D eigenvalue weighted by Crippen LogP contribution is -2.21. The van der Waals surface area contributed by atoms with E-state index in [1.54, 1.807) is 36.4 Å². The van der Waals surface area contributed by atoms with Crippen LogP contribution < -0.4 is 19.5 Å². The van der Waals surface area contributed by atoms with E-state index in [0.717, 1.165) is 18.2 Å². The first-order chi connectivity index (χ1) is 17.8. The van der Waals surface area contributed by atoms with E-state index >= 15 is 0 Å². The molecule has 4 aromatic rings. The highest BCUT2D eigenvalue weighted by Crippen LogP contribution is 2.41. The van der Waals surface area contributed by atoms with E-state index in [9.17, 15) is 18.4 Å². The number of hydrogen-bond acceptors (Lipinski definition) is 7. The molecular weight excluding hydrogens is 486 g/mol. The van der Waals surface area contributed by atoms with Crippen LogP contribution in [0.5, 0.6) is 17.2 Å². The van der Waals surface area contributed by atoms with E-state index in [-0.39, 0.29) is 11.3 Å². The Labute approximate surface area is 210 Å². The summed E-state index contributed by atoms with van der Waals surface area (Å²) in [6, 6.07) is 14.5. The van der Waals surface area contributed by atoms with Crippen molar-refractivity contribution in [1.82, 2.24) is 4.98 Å². The predicted molar refractivity (Wildman–Crippen MR) is 132 cm³/mol. The number of methoxy groups -OCH3 is 3. The number of amides is 1. The molecule has 0 aliphatic heterocycles. The number of anilines is 1. The highest BCUT2D eigenvalue weighted by molar-refractivity contribution is 6.05. The minimum Gasteiger partial charge on any atom is -0.493 e. The number of para-hydroxylation sites is 1. The van der Waals surface area contributed by atoms with E-state index in [1.807, 2.05) is 0 Å². The summed E-state index contributed by atoms with van der Waals surface area (Å²) in [5, 5.41) is 2.69. The first-order valence-electron chi connectivity index (χ1n) is 11.0. The van der Waals surface area contributed by atoms with E-state index in [0.29, 0.717) is 39.4 Å². The third-order valence-corrected chi connectivity index (χ3v) is 5.43. The second-order valence-corrected chi connectivity index (χ2v) is 7.73. The van der Waals surface area contributed by atoms with Gasteiger partial charge in [0, 0.05) is 17.0 Å². The number of carbonyl (C=O) groups excluding carboxylic acids is 2. The number of carbonyl (C=O) groups is 2. The molecule has 190 valence electrons. The van der Waals surface area contributed by atoms with Gasteiger partial charge in [0.2, 0.25) is 5.75 Å². The second kappa shape index (κ2) is 10.9. The average Bonchev–Trinajstić information content (AvgIpc) is 2.92. The number of fused-ring (bicyclic) bond motifs is 1. The van der Waals surface area contributed by atoms with Gasteiger partial charge in [0.05, 0.1) is 43.8 Å². The average molecular weight is 508 g/mol. The second-order valence-electron chi connectivity index (χ2n) is 7.73. The van der Waals surface area contributed by atoms with Gasteiger partial charge in [-0.05, 0) is 36.4 Å². The zero-order valence-electron chi connectivity index (χ0n) is 20.1. The zero-order valence-corrected chi connectivity index (χ0v) is 20.1. The summed E-state index contributed by atoms with van der Waals surface area (Å²) in [7, 11) is 4.46. The van der Waals surface area contributed by atoms with Gasteiger partial charge in [-0.3, -0.25) is 4.79 Å². The predicted octanol–water partition coefficient (Wildman–Crippen LogP) is 5.00. The first-order valence-corrected chi connectivity index (χ1v) is 11.0. The van der Waals surface area contributed by atoms with E-state index in [4.69, 9.17) is 18.9 Å². The van der Waals surface area contributed by atoms with Gasteiger partial charge >= 0.3 is 5.97 Å². The Balaban J connectivity index is 1.65. The molecule has 3 aromatic carbocycles. The molecule has 0 saturated carbocycles. The Morgan fingerprint density at radius 2 is 1.59 bits per heavy atom. The molecule has 1 amide bonds. The van der Waals surface area contributed by atoms with Crippen LogP contribution in [0, 0.1) is 11.6 Å². The first kappa shape index (κ1) is 25.4. The Morgan fingerprint density at radius 3 is 2.27 bits per heavy atom. The van der Waals surface area contributed by atoms with Crippen LogP contribution in [0.4, 0.5) is 14.5 Å². The fourth-order valence-corrected chi connectivity index (χ4v) is 3.71. The van der Waals surface area contributed by atoms with Crippen molar-refractivity contribution in [1.29, 1.82) is 0 Å². The van der Waals surface area contributed by atoms with Crippen molar-refractivity contribution in [3.05, 3.63) is 77.9 Å². The Hall–Kier alpha value is -4.73. The SMILES string of the molecule is COc1cc(-c2cc(C(=O)OCC(=O)Nc3cc(F)ccc3F)c3ccccc3n2)cc(OC)c1OC. The molecular formula is C27H22F2N2O6. The number of ether oxygens (including phenoxy) is 4. The number of nitrogens with zero attached hydrogens (tertiary/aromatic N) is 1. The van der Waals surface area contributed by atoms with Gasteiger partial charge in [-0.25, -0.2) is 18.6 Å². The van der Waals surface area contributed by atoms with E-state index < -0.39 is 30.1 Å². The maximum Gasteiger partial charge on any atom is 0.339 e. The van der Waals surface area contributed by atoms with Crippen molar-refractivity contribution in [3.63, 3.8) is 0 Å². The third kappa shape index (κ3) is 5.43. The number of pyridine rings is 1. The van der Waals surface area contributed by atoms with Crippen LogP contribution in [0.1, 0.15) is 10.4 Å². The third-order valence-electron chi connectivity index (χ3n) is 5.43. The van der Waals surface area contributed by atoms with Crippen LogP contribution in [-0.4, -0.2) is 44.8 Å². The molecule has 0 atom stereocenters. The molecule has 0 spiro atoms. The standard InChI is InChI=1S/C27H22F2N2O6/c1-34-23-10-15(11-24(35-2)26(23)36-3)21-13-18(17-6-4-5-7-20(17)30-21)27(33)37-14-25(32)31-22-12-16(28)8-9-19(22)29/h4-13H,14H2,1-3H3,(H,31,32). The van der Waals surface area contributed by atoms with Crippen molar-refractivity contribution in [2.45, 2.75) is 0 Å². The van der Waals surface area contributed by atoms with Crippen LogP contribution in [-0.2, 0) is 9.53 Å². The van der Waals surface area contributed by atoms with Crippen LogP contribution >= 0.6 is 0 Å². The Morgan fingerprint density at radius 1 is 0.892 bits per heavy atom. The number of aromatic nitrogens is 1. The van der Waals surface area contributed by atoms with Gasteiger partial charge in [-0.2, -0.15) is 0 Å². The molecule has 37 heavy (non-hydrogen) atoms. The minimum absolute atomic E-state index is 0.152. The molecule has 0 bridgehead atoms. The van der Waals surface area contributed by atoms with Gasteiger partial charge in [0.25, 0.3) is 5.91 Å². The lowest BCUT2D eigenvalue weighted by Gasteiger charge is -2.15. The number of esters is 1. The molecule has 10 heteroatoms. The van der Waals surface area contributed by atoms with Crippen molar-refractivity contribution in [3.8, 4) is 28.5 Å². The molecule has 0 radical (unpaired) electrons. The summed E-state index contributed by atoms with van der Waals surface area (Å²) in [6.07, 6.45) is 0. The van der Waals surface area contributed by atoms with Crippen molar-refractivity contribution < 1.29 is 37.3 Å². The lowest BCUT2D eigenvalue weighted by atomic mass is 10.0. The molecule has 1 aromatic heterocycles. The number of hydrogen-bond donors (Lipinski definition) is 1. The molecule has 1 N–H and O–H groups in total. The largest absolute Gasteiger partial charge is 0.493 e. The van der Waals surface area contributed by atoms with Crippen LogP contribution in [0.25, 0.3) is 22.2 Å². The fraction of sp³-hybridized carbons (Fsp3) is 0.148. The summed E-state index contributed by atoms with van der Waals surface area (Å²) in [6.45, 7) is -0.717. The maximum atomic E-state index is 13.8. The highest BCUT2D eigenvalue weighted by atomic mass is 19.1.